The minimum absolute atomic E-state index is 0.0687. The van der Waals surface area contributed by atoms with E-state index in [0.717, 1.165) is 25.1 Å². The third-order valence-corrected chi connectivity index (χ3v) is 9.33. The van der Waals surface area contributed by atoms with Crippen molar-refractivity contribution in [2.75, 3.05) is 10.0 Å². The second-order valence-electron chi connectivity index (χ2n) is 12.0. The molecule has 0 saturated carbocycles. The van der Waals surface area contributed by atoms with E-state index in [0.29, 0.717) is 12.8 Å². The molecule has 4 aromatic carbocycles. The third kappa shape index (κ3) is 4.55. The molecular weight excluding hydrogens is 499 g/mol. The predicted molar refractivity (Wildman–Crippen MR) is 172 cm³/mol. The molecule has 2 aliphatic rings. The Kier molecular flexibility index (Phi) is 7.00. The minimum atomic E-state index is -0.990. The van der Waals surface area contributed by atoms with Gasteiger partial charge in [0.2, 0.25) is 0 Å². The van der Waals surface area contributed by atoms with Crippen LogP contribution in [0, 0.1) is 38.7 Å². The van der Waals surface area contributed by atoms with E-state index in [1.807, 2.05) is 0 Å². The summed E-state index contributed by atoms with van der Waals surface area (Å²) in [4.78, 5) is 6.43. The molecule has 1 aliphatic heterocycles. The SMILES string of the molecule is [C-]#[N+]C1(C#N)Cc2c(C)c(CCCCC)c(B3Nc4cccc5cc(C)cc(c45)N3Cc3ccccc3)c(C)c2C1. The molecule has 0 aromatic heterocycles. The van der Waals surface area contributed by atoms with Crippen LogP contribution in [0.4, 0.5) is 11.4 Å². The molecule has 6 rings (SSSR count). The van der Waals surface area contributed by atoms with Crippen LogP contribution in [0.1, 0.15) is 65.1 Å². The Balaban J connectivity index is 1.59. The van der Waals surface area contributed by atoms with Gasteiger partial charge in [0.05, 0.1) is 12.8 Å². The van der Waals surface area contributed by atoms with E-state index in [-0.39, 0.29) is 6.98 Å². The van der Waals surface area contributed by atoms with Crippen LogP contribution in [-0.2, 0) is 25.8 Å². The molecule has 1 heterocycles. The number of benzene rings is 4. The normalized spacial score (nSPS) is 17.2. The number of nitrogens with one attached hydrogen (secondary N) is 1. The number of nitriles is 1. The zero-order valence-electron chi connectivity index (χ0n) is 24.6. The summed E-state index contributed by atoms with van der Waals surface area (Å²) in [5.41, 5.74) is 11.7. The second-order valence-corrected chi connectivity index (χ2v) is 12.0. The van der Waals surface area contributed by atoms with Gasteiger partial charge in [-0.05, 0) is 95.5 Å². The first kappa shape index (κ1) is 27.0. The summed E-state index contributed by atoms with van der Waals surface area (Å²) in [5, 5.41) is 16.6. The maximum absolute atomic E-state index is 10.1. The molecule has 4 aromatic rings. The van der Waals surface area contributed by atoms with Crippen LogP contribution in [0.2, 0.25) is 0 Å². The predicted octanol–water partition coefficient (Wildman–Crippen LogP) is 7.61. The fourth-order valence-corrected chi connectivity index (χ4v) is 7.23. The first-order chi connectivity index (χ1) is 19.9. The highest BCUT2D eigenvalue weighted by Gasteiger charge is 2.47. The summed E-state index contributed by atoms with van der Waals surface area (Å²) >= 11 is 0. The number of aryl methyl sites for hydroxylation is 1. The smallest absolute Gasteiger partial charge is 0.405 e. The number of nitrogens with zero attached hydrogens (tertiary/aromatic N) is 3. The highest BCUT2D eigenvalue weighted by molar-refractivity contribution is 6.81. The summed E-state index contributed by atoms with van der Waals surface area (Å²) in [6, 6.07) is 24.3. The molecule has 204 valence electrons. The summed E-state index contributed by atoms with van der Waals surface area (Å²) in [6.07, 6.45) is 5.53. The van der Waals surface area contributed by atoms with E-state index in [1.54, 1.807) is 0 Å². The van der Waals surface area contributed by atoms with Crippen LogP contribution in [0.3, 0.4) is 0 Å². The summed E-state index contributed by atoms with van der Waals surface area (Å²) in [5.74, 6) is 0. The van der Waals surface area contributed by atoms with Gasteiger partial charge in [0.15, 0.2) is 6.07 Å². The Hall–Kier alpha value is -4.22. The molecule has 0 amide bonds. The Bertz CT molecular complexity index is 1710. The molecular formula is C36H37BN4. The molecule has 1 unspecified atom stereocenters. The van der Waals surface area contributed by atoms with Crippen molar-refractivity contribution in [2.24, 2.45) is 0 Å². The van der Waals surface area contributed by atoms with Crippen molar-refractivity contribution >= 4 is 34.6 Å². The Labute approximate surface area is 244 Å². The number of hydrogen-bond donors (Lipinski definition) is 1. The standard InChI is InChI=1S/C36H37BN4/c1-6-7-9-16-29-25(3)30-20-36(23-38,39-5)21-31(30)26(4)35(29)37-40-32-17-12-15-28-18-24(2)19-33(34(28)32)41(37)22-27-13-10-8-11-14-27/h8,10-15,17-19,40H,6-7,9,16,20-22H2,1-4H3. The number of anilines is 2. The first-order valence-corrected chi connectivity index (χ1v) is 14.9. The fraction of sp³-hybridized carbons (Fsp3) is 0.333. The molecule has 1 atom stereocenters. The van der Waals surface area contributed by atoms with E-state index < -0.39 is 5.54 Å². The van der Waals surface area contributed by atoms with E-state index >= 15 is 0 Å². The van der Waals surface area contributed by atoms with E-state index in [1.165, 1.54) is 73.7 Å². The van der Waals surface area contributed by atoms with Crippen LogP contribution in [0.25, 0.3) is 15.6 Å². The van der Waals surface area contributed by atoms with Gasteiger partial charge in [0.25, 0.3) is 0 Å². The van der Waals surface area contributed by atoms with Crippen molar-refractivity contribution in [3.8, 4) is 6.07 Å². The van der Waals surface area contributed by atoms with Gasteiger partial charge in [-0.15, -0.1) is 0 Å². The highest BCUT2D eigenvalue weighted by Crippen LogP contribution is 2.42. The monoisotopic (exact) mass is 536 g/mol. The molecule has 5 heteroatoms. The molecule has 1 N–H and O–H groups in total. The minimum Gasteiger partial charge on any atom is -0.405 e. The Morgan fingerprint density at radius 3 is 2.46 bits per heavy atom. The molecule has 0 radical (unpaired) electrons. The van der Waals surface area contributed by atoms with Crippen LogP contribution in [0.5, 0.6) is 0 Å². The maximum atomic E-state index is 10.1. The van der Waals surface area contributed by atoms with Crippen molar-refractivity contribution in [2.45, 2.75) is 78.3 Å². The number of rotatable bonds is 7. The Morgan fingerprint density at radius 1 is 1.00 bits per heavy atom. The van der Waals surface area contributed by atoms with Crippen LogP contribution < -0.4 is 15.5 Å². The third-order valence-electron chi connectivity index (χ3n) is 9.33. The summed E-state index contributed by atoms with van der Waals surface area (Å²) in [6.45, 7) is 17.5. The van der Waals surface area contributed by atoms with Gasteiger partial charge in [0.1, 0.15) is 0 Å². The highest BCUT2D eigenvalue weighted by atomic mass is 15.2. The van der Waals surface area contributed by atoms with Crippen molar-refractivity contribution in [1.82, 2.24) is 0 Å². The lowest BCUT2D eigenvalue weighted by molar-refractivity contribution is 0.674. The second kappa shape index (κ2) is 10.6. The van der Waals surface area contributed by atoms with Crippen molar-refractivity contribution in [3.63, 3.8) is 0 Å². The Morgan fingerprint density at radius 2 is 1.76 bits per heavy atom. The average molecular weight is 537 g/mol. The molecule has 41 heavy (non-hydrogen) atoms. The van der Waals surface area contributed by atoms with Gasteiger partial charge >= 0.3 is 12.5 Å². The quantitative estimate of drug-likeness (QED) is 0.150. The number of fused-ring (bicyclic) bond motifs is 1. The van der Waals surface area contributed by atoms with Gasteiger partial charge in [-0.25, -0.2) is 6.57 Å². The van der Waals surface area contributed by atoms with E-state index in [9.17, 15) is 5.26 Å². The van der Waals surface area contributed by atoms with Gasteiger partial charge in [-0.2, -0.15) is 5.26 Å². The zero-order valence-corrected chi connectivity index (χ0v) is 24.6. The lowest BCUT2D eigenvalue weighted by Gasteiger charge is -2.40. The molecule has 0 saturated heterocycles. The lowest BCUT2D eigenvalue weighted by atomic mass is 9.58. The van der Waals surface area contributed by atoms with Crippen molar-refractivity contribution in [3.05, 3.63) is 111 Å². The number of unbranched alkanes of at least 4 members (excludes halogenated alkanes) is 2. The van der Waals surface area contributed by atoms with Crippen LogP contribution in [0.15, 0.2) is 60.7 Å². The first-order valence-electron chi connectivity index (χ1n) is 14.9. The largest absolute Gasteiger partial charge is 0.409 e. The molecule has 4 nitrogen and oxygen atoms in total. The van der Waals surface area contributed by atoms with Gasteiger partial charge < -0.3 is 10.0 Å². The van der Waals surface area contributed by atoms with Gasteiger partial charge in [-0.3, -0.25) is 4.85 Å². The molecule has 0 bridgehead atoms. The van der Waals surface area contributed by atoms with Crippen LogP contribution in [-0.4, -0.2) is 12.5 Å². The van der Waals surface area contributed by atoms with Crippen LogP contribution >= 0.6 is 0 Å². The van der Waals surface area contributed by atoms with Crippen molar-refractivity contribution in [1.29, 1.82) is 5.26 Å². The molecule has 1 aliphatic carbocycles. The lowest BCUT2D eigenvalue weighted by Crippen LogP contribution is -2.58. The number of hydrogen-bond acceptors (Lipinski definition) is 3. The molecule has 0 fully saturated rings. The van der Waals surface area contributed by atoms with Gasteiger partial charge in [-0.1, -0.05) is 68.3 Å². The fourth-order valence-electron chi connectivity index (χ4n) is 7.23. The topological polar surface area (TPSA) is 43.4 Å². The zero-order chi connectivity index (χ0) is 28.7. The van der Waals surface area contributed by atoms with E-state index in [2.05, 4.69) is 109 Å². The van der Waals surface area contributed by atoms with E-state index in [4.69, 9.17) is 6.57 Å². The summed E-state index contributed by atoms with van der Waals surface area (Å²) < 4.78 is 0. The van der Waals surface area contributed by atoms with Gasteiger partial charge in [0, 0.05) is 23.3 Å². The maximum Gasteiger partial charge on any atom is 0.409 e. The molecule has 0 spiro atoms. The van der Waals surface area contributed by atoms with Crippen molar-refractivity contribution < 1.29 is 0 Å². The summed E-state index contributed by atoms with van der Waals surface area (Å²) in [7, 11) is 0. The average Bonchev–Trinajstić information content (AvgIpc) is 3.39.